The Balaban J connectivity index is 1.88. The van der Waals surface area contributed by atoms with Crippen molar-refractivity contribution in [2.45, 2.75) is 12.7 Å². The molecule has 0 atom stereocenters. The zero-order chi connectivity index (χ0) is 17.7. The summed E-state index contributed by atoms with van der Waals surface area (Å²) in [5.41, 5.74) is 1.70. The zero-order valence-electron chi connectivity index (χ0n) is 12.0. The second-order valence-corrected chi connectivity index (χ2v) is 4.62. The van der Waals surface area contributed by atoms with Crippen molar-refractivity contribution in [2.24, 2.45) is 5.10 Å². The number of carbonyl (C=O) groups is 2. The van der Waals surface area contributed by atoms with Crippen molar-refractivity contribution >= 4 is 18.1 Å². The summed E-state index contributed by atoms with van der Waals surface area (Å²) < 4.78 is 38.0. The van der Waals surface area contributed by atoms with Crippen LogP contribution in [0.4, 0.5) is 13.2 Å². The molecule has 7 nitrogen and oxygen atoms in total. The van der Waals surface area contributed by atoms with Crippen molar-refractivity contribution in [2.75, 3.05) is 0 Å². The number of hydrogen-bond acceptors (Lipinski definition) is 4. The quantitative estimate of drug-likeness (QED) is 0.640. The van der Waals surface area contributed by atoms with Crippen molar-refractivity contribution < 1.29 is 27.9 Å². The highest BCUT2D eigenvalue weighted by molar-refractivity contribution is 5.89. The van der Waals surface area contributed by atoms with Crippen molar-refractivity contribution in [3.63, 3.8) is 0 Å². The normalized spacial score (nSPS) is 11.6. The van der Waals surface area contributed by atoms with E-state index in [1.54, 1.807) is 0 Å². The molecule has 2 N–H and O–H groups in total. The van der Waals surface area contributed by atoms with Crippen LogP contribution < -0.4 is 5.43 Å². The predicted molar refractivity (Wildman–Crippen MR) is 76.4 cm³/mol. The van der Waals surface area contributed by atoms with Gasteiger partial charge in [-0.25, -0.2) is 10.2 Å². The van der Waals surface area contributed by atoms with Gasteiger partial charge in [0.15, 0.2) is 5.69 Å². The summed E-state index contributed by atoms with van der Waals surface area (Å²) in [6, 6.07) is 6.48. The molecular weight excluding hydrogens is 329 g/mol. The summed E-state index contributed by atoms with van der Waals surface area (Å²) in [4.78, 5) is 22.2. The molecule has 126 valence electrons. The average molecular weight is 340 g/mol. The SMILES string of the molecule is O=C(Cn1ccc(C(F)(F)F)n1)N/N=C\c1ccc(C(=O)O)cc1. The minimum absolute atomic E-state index is 0.107. The number of nitrogens with zero attached hydrogens (tertiary/aromatic N) is 3. The zero-order valence-corrected chi connectivity index (χ0v) is 12.0. The van der Waals surface area contributed by atoms with E-state index in [4.69, 9.17) is 5.11 Å². The maximum atomic E-state index is 12.4. The number of rotatable bonds is 5. The van der Waals surface area contributed by atoms with E-state index >= 15 is 0 Å². The van der Waals surface area contributed by atoms with Crippen LogP contribution >= 0.6 is 0 Å². The first kappa shape index (κ1) is 17.2. The molecule has 0 unspecified atom stereocenters. The van der Waals surface area contributed by atoms with Crippen LogP contribution in [0.15, 0.2) is 41.6 Å². The Labute approximate surface area is 133 Å². The predicted octanol–water partition coefficient (Wildman–Crippen LogP) is 1.75. The monoisotopic (exact) mass is 340 g/mol. The van der Waals surface area contributed by atoms with E-state index in [2.05, 4.69) is 15.6 Å². The third kappa shape index (κ3) is 4.66. The summed E-state index contributed by atoms with van der Waals surface area (Å²) in [7, 11) is 0. The fourth-order valence-electron chi connectivity index (χ4n) is 1.67. The smallest absolute Gasteiger partial charge is 0.435 e. The van der Waals surface area contributed by atoms with Gasteiger partial charge < -0.3 is 5.11 Å². The Morgan fingerprint density at radius 1 is 1.25 bits per heavy atom. The molecule has 24 heavy (non-hydrogen) atoms. The third-order valence-electron chi connectivity index (χ3n) is 2.80. The van der Waals surface area contributed by atoms with Gasteiger partial charge in [0.05, 0.1) is 11.8 Å². The van der Waals surface area contributed by atoms with Crippen LogP contribution in [-0.4, -0.2) is 33.0 Å². The lowest BCUT2D eigenvalue weighted by atomic mass is 10.1. The van der Waals surface area contributed by atoms with Gasteiger partial charge in [0.2, 0.25) is 0 Å². The van der Waals surface area contributed by atoms with Crippen LogP contribution in [0.25, 0.3) is 0 Å². The van der Waals surface area contributed by atoms with E-state index in [1.807, 2.05) is 0 Å². The van der Waals surface area contributed by atoms with Gasteiger partial charge in [-0.2, -0.15) is 23.4 Å². The summed E-state index contributed by atoms with van der Waals surface area (Å²) in [6.07, 6.45) is -2.26. The molecule has 0 radical (unpaired) electrons. The highest BCUT2D eigenvalue weighted by Crippen LogP contribution is 2.27. The number of alkyl halides is 3. The molecule has 0 saturated carbocycles. The van der Waals surface area contributed by atoms with Crippen molar-refractivity contribution in [3.05, 3.63) is 53.3 Å². The molecule has 0 spiro atoms. The van der Waals surface area contributed by atoms with Crippen LogP contribution in [-0.2, 0) is 17.5 Å². The maximum absolute atomic E-state index is 12.4. The first-order valence-electron chi connectivity index (χ1n) is 6.51. The topological polar surface area (TPSA) is 96.6 Å². The van der Waals surface area contributed by atoms with Crippen molar-refractivity contribution in [1.29, 1.82) is 0 Å². The molecule has 2 rings (SSSR count). The Morgan fingerprint density at radius 3 is 2.46 bits per heavy atom. The van der Waals surface area contributed by atoms with Gasteiger partial charge in [0, 0.05) is 6.20 Å². The van der Waals surface area contributed by atoms with E-state index < -0.39 is 30.3 Å². The molecule has 0 bridgehead atoms. The molecule has 1 aromatic heterocycles. The molecule has 0 aliphatic heterocycles. The number of halogens is 3. The number of carboxylic acid groups (broad SMARTS) is 1. The lowest BCUT2D eigenvalue weighted by molar-refractivity contribution is -0.141. The lowest BCUT2D eigenvalue weighted by Gasteiger charge is -2.02. The highest BCUT2D eigenvalue weighted by Gasteiger charge is 2.33. The molecule has 0 fully saturated rings. The Morgan fingerprint density at radius 2 is 1.92 bits per heavy atom. The van der Waals surface area contributed by atoms with Gasteiger partial charge in [-0.05, 0) is 23.8 Å². The summed E-state index contributed by atoms with van der Waals surface area (Å²) in [5.74, 6) is -1.73. The van der Waals surface area contributed by atoms with E-state index in [0.717, 1.165) is 16.9 Å². The Bertz CT molecular complexity index is 766. The van der Waals surface area contributed by atoms with Crippen LogP contribution in [0, 0.1) is 0 Å². The molecule has 2 aromatic rings. The fourth-order valence-corrected chi connectivity index (χ4v) is 1.67. The maximum Gasteiger partial charge on any atom is 0.435 e. The molecule has 0 saturated heterocycles. The van der Waals surface area contributed by atoms with Gasteiger partial charge in [-0.1, -0.05) is 12.1 Å². The molecule has 1 amide bonds. The van der Waals surface area contributed by atoms with Gasteiger partial charge in [-0.3, -0.25) is 9.48 Å². The average Bonchev–Trinajstić information content (AvgIpc) is 2.96. The van der Waals surface area contributed by atoms with Crippen LogP contribution in [0.3, 0.4) is 0 Å². The second kappa shape index (κ2) is 6.94. The fraction of sp³-hybridized carbons (Fsp3) is 0.143. The number of carboxylic acids is 1. The summed E-state index contributed by atoms with van der Waals surface area (Å²) in [6.45, 7) is -0.425. The third-order valence-corrected chi connectivity index (χ3v) is 2.80. The molecule has 0 aliphatic carbocycles. The van der Waals surface area contributed by atoms with E-state index in [9.17, 15) is 22.8 Å². The van der Waals surface area contributed by atoms with Gasteiger partial charge in [0.25, 0.3) is 5.91 Å². The Hall–Kier alpha value is -3.17. The van der Waals surface area contributed by atoms with Gasteiger partial charge in [-0.15, -0.1) is 0 Å². The number of hydrogen-bond donors (Lipinski definition) is 2. The second-order valence-electron chi connectivity index (χ2n) is 4.62. The number of hydrazone groups is 1. The molecule has 10 heteroatoms. The summed E-state index contributed by atoms with van der Waals surface area (Å²) >= 11 is 0. The van der Waals surface area contributed by atoms with Crippen LogP contribution in [0.2, 0.25) is 0 Å². The van der Waals surface area contributed by atoms with E-state index in [1.165, 1.54) is 30.5 Å². The molecular formula is C14H11F3N4O3. The largest absolute Gasteiger partial charge is 0.478 e. The number of benzene rings is 1. The molecule has 1 heterocycles. The van der Waals surface area contributed by atoms with Crippen LogP contribution in [0.1, 0.15) is 21.6 Å². The number of aromatic nitrogens is 2. The highest BCUT2D eigenvalue weighted by atomic mass is 19.4. The first-order chi connectivity index (χ1) is 11.3. The number of carbonyl (C=O) groups excluding carboxylic acids is 1. The standard InChI is InChI=1S/C14H11F3N4O3/c15-14(16,17)11-5-6-21(20-11)8-12(22)19-18-7-9-1-3-10(4-2-9)13(23)24/h1-7H,8H2,(H,19,22)(H,23,24)/b18-7-. The number of nitrogens with one attached hydrogen (secondary N) is 1. The van der Waals surface area contributed by atoms with Crippen molar-refractivity contribution in [3.8, 4) is 0 Å². The van der Waals surface area contributed by atoms with Gasteiger partial charge in [0.1, 0.15) is 6.54 Å². The lowest BCUT2D eigenvalue weighted by Crippen LogP contribution is -2.23. The van der Waals surface area contributed by atoms with Crippen LogP contribution in [0.5, 0.6) is 0 Å². The van der Waals surface area contributed by atoms with Crippen molar-refractivity contribution in [1.82, 2.24) is 15.2 Å². The van der Waals surface area contributed by atoms with Gasteiger partial charge >= 0.3 is 12.1 Å². The summed E-state index contributed by atoms with van der Waals surface area (Å²) in [5, 5.41) is 15.6. The Kier molecular flexibility index (Phi) is 4.97. The van der Waals surface area contributed by atoms with E-state index in [-0.39, 0.29) is 5.56 Å². The van der Waals surface area contributed by atoms with E-state index in [0.29, 0.717) is 5.56 Å². The number of amides is 1. The first-order valence-corrected chi connectivity index (χ1v) is 6.51. The minimum atomic E-state index is -4.57. The number of aromatic carboxylic acids is 1. The molecule has 0 aliphatic rings. The molecule has 1 aromatic carbocycles. The minimum Gasteiger partial charge on any atom is -0.478 e.